The molecular weight excluding hydrogens is 1840 g/mol. The molecule has 8 heterocycles. The minimum absolute atomic E-state index is 0. The van der Waals surface area contributed by atoms with Gasteiger partial charge in [-0.3, -0.25) is 25.1 Å². The Kier molecular flexibility index (Phi) is 44.3. The molecule has 142 heavy (non-hydrogen) atoms. The minimum atomic E-state index is -4.46. The minimum Gasteiger partial charge on any atom is -0.444 e. The SMILES string of the molecule is C.C.C.CC(C)(C)OC(=O)NC1CCC(N)CC1.CC(C)(C)OC(=O)NC1CCC(Nc2nccc(Nc3cc(C4CCCC4)[nH]n3)n2)CC1.Cc1cccc(N=C=O)c1.Clc1nccc(Nc2cc(C3CCCC3)[nH]n2)n1.F.NC1CCC(Nc2nccc(Nc3cc(C4CCCC4)[nH]n3)n2)CC1.O=C(Nc1cccc(C(F)(F)F)c1)NC1CCC(Nc2nccc(Nc3cc(C4CCCC4)[nH]n3)n2)CC1. The molecule has 0 atom stereocenters. The van der Waals surface area contributed by atoms with Crippen LogP contribution >= 0.6 is 11.6 Å². The summed E-state index contributed by atoms with van der Waals surface area (Å²) in [6, 6.07) is 28.8. The molecule has 2 aromatic carbocycles. The van der Waals surface area contributed by atoms with E-state index in [2.05, 4.69) is 156 Å². The number of halogens is 5. The van der Waals surface area contributed by atoms with Crippen molar-refractivity contribution in [3.63, 3.8) is 0 Å². The standard InChI is InChI=1S/C26H31F3N8O.C23H35N7O2.C18H27N7.C12H14ClN5.C11H22N2O2.C8H7NO.3CH4.FH/c27-26(28,29)17-6-3-7-20(14-17)33-25(38)32-19-10-8-18(9-11-19)31-24-30-13-12-22(35-24)34-23-15-21(36-37-23)16-4-1-2-5-16;1-23(2,3)32-22(31)26-17-10-8-16(9-11-17)25-21-24-13-12-19(28-21)27-20-14-18(29-30-20)15-6-4-5-7-15;19-13-5-7-14(8-6-13)21-18-20-10-9-16(23-18)22-17-11-15(24-25-17)12-3-1-2-4-12;13-12-14-6-5-10(16-12)15-11-7-9(17-18-11)8-3-1-2-4-8;1-11(2,3)15-10(14)13-9-6-4-8(12)5-7-9;1-7-3-2-4-8(5-7)9-6-10;;;;/h3,6-7,12-16,18-19H,1-2,4-5,8-11H2,(H2,32,33,38)(H3,30,31,34,35,36,37);12-17H,4-11H2,1-3H3,(H,26,31)(H3,24,25,27,28,29,30);9-14H,1-8,19H2,(H3,20,21,22,23,24,25);5-8H,1-4H2,(H2,14,15,16,17,18);8-9H,4-7,12H2,1-3H3,(H,13,14);2-5H,1H3;3*1H4;1H. The summed E-state index contributed by atoms with van der Waals surface area (Å²) in [4.78, 5) is 83.7. The van der Waals surface area contributed by atoms with Gasteiger partial charge in [0.05, 0.1) is 11.3 Å². The number of aryl methyl sites for hydroxylation is 1. The summed E-state index contributed by atoms with van der Waals surface area (Å²) in [6.07, 6.45) is 38.3. The van der Waals surface area contributed by atoms with E-state index < -0.39 is 29.0 Å². The molecule has 0 spiro atoms. The number of urea groups is 1. The Hall–Kier alpha value is -12.7. The number of isocyanates is 1. The van der Waals surface area contributed by atoms with Gasteiger partial charge in [-0.2, -0.15) is 53.5 Å². The summed E-state index contributed by atoms with van der Waals surface area (Å²) in [5, 5.41) is 64.5. The van der Waals surface area contributed by atoms with E-state index in [1.54, 1.807) is 43.0 Å². The lowest BCUT2D eigenvalue weighted by atomic mass is 9.91. The van der Waals surface area contributed by atoms with Gasteiger partial charge in [0.2, 0.25) is 29.2 Å². The zero-order valence-electron chi connectivity index (χ0n) is 80.4. The van der Waals surface area contributed by atoms with Gasteiger partial charge in [0.25, 0.3) is 0 Å². The number of amides is 4. The number of alkyl halides is 3. The molecule has 10 aromatic rings. The van der Waals surface area contributed by atoms with Gasteiger partial charge >= 0.3 is 24.4 Å². The number of aromatic amines is 4. The summed E-state index contributed by atoms with van der Waals surface area (Å²) in [6.45, 7) is 13.2. The highest BCUT2D eigenvalue weighted by atomic mass is 35.5. The van der Waals surface area contributed by atoms with E-state index in [9.17, 15) is 32.3 Å². The fourth-order valence-electron chi connectivity index (χ4n) is 18.5. The summed E-state index contributed by atoms with van der Waals surface area (Å²) in [7, 11) is 0. The van der Waals surface area contributed by atoms with Crippen LogP contribution < -0.4 is 70.0 Å². The molecule has 41 heteroatoms. The number of nitrogens with two attached hydrogens (primary N) is 2. The van der Waals surface area contributed by atoms with Crippen molar-refractivity contribution in [2.24, 2.45) is 16.5 Å². The predicted molar refractivity (Wildman–Crippen MR) is 553 cm³/mol. The highest BCUT2D eigenvalue weighted by Crippen LogP contribution is 2.40. The molecule has 4 amide bonds. The smallest absolute Gasteiger partial charge is 0.416 e. The van der Waals surface area contributed by atoms with Crippen molar-refractivity contribution in [3.8, 4) is 0 Å². The molecular formula is C101H149ClF4N30O6. The van der Waals surface area contributed by atoms with Gasteiger partial charge < -0.3 is 79.4 Å². The Balaban J connectivity index is 0.000000197. The van der Waals surface area contributed by atoms with E-state index in [1.165, 1.54) is 138 Å². The van der Waals surface area contributed by atoms with Gasteiger partial charge in [0, 0.05) is 150 Å². The van der Waals surface area contributed by atoms with Gasteiger partial charge in [-0.05, 0) is 274 Å². The second-order valence-electron chi connectivity index (χ2n) is 39.0. The quantitative estimate of drug-likeness (QED) is 0.0122. The van der Waals surface area contributed by atoms with Crippen LogP contribution in [0.1, 0.15) is 327 Å². The number of rotatable bonds is 23. The third kappa shape index (κ3) is 38.3. The molecule has 19 N–H and O–H groups in total. The van der Waals surface area contributed by atoms with Crippen LogP contribution in [0.2, 0.25) is 5.28 Å². The fourth-order valence-corrected chi connectivity index (χ4v) is 18.6. The number of H-pyrrole nitrogens is 4. The predicted octanol–water partition coefficient (Wildman–Crippen LogP) is 23.4. The number of alkyl carbamates (subject to hydrolysis) is 2. The number of aliphatic imine (C=N–C) groups is 1. The molecule has 774 valence electrons. The van der Waals surface area contributed by atoms with Crippen LogP contribution in [0.3, 0.4) is 0 Å². The van der Waals surface area contributed by atoms with Crippen LogP contribution in [0.25, 0.3) is 0 Å². The summed E-state index contributed by atoms with van der Waals surface area (Å²) >= 11 is 5.73. The molecule has 0 radical (unpaired) electrons. The maximum atomic E-state index is 12.9. The number of carbonyl (C=O) groups excluding carboxylic acids is 4. The van der Waals surface area contributed by atoms with Crippen molar-refractivity contribution < 1.29 is 46.5 Å². The first-order valence-electron chi connectivity index (χ1n) is 48.9. The normalized spacial score (nSPS) is 20.1. The second kappa shape index (κ2) is 55.7. The van der Waals surface area contributed by atoms with E-state index in [1.807, 2.05) is 90.9 Å². The Morgan fingerprint density at radius 3 is 1.06 bits per heavy atom. The van der Waals surface area contributed by atoms with Crippen molar-refractivity contribution in [3.05, 3.63) is 161 Å². The number of nitrogens with one attached hydrogen (secondary N) is 15. The lowest BCUT2D eigenvalue weighted by Gasteiger charge is -2.30. The number of hydrogen-bond acceptors (Lipinski definition) is 28. The van der Waals surface area contributed by atoms with Gasteiger partial charge in [0.1, 0.15) is 34.5 Å². The van der Waals surface area contributed by atoms with Crippen LogP contribution in [-0.4, -0.2) is 164 Å². The maximum Gasteiger partial charge on any atom is 0.416 e. The first-order valence-corrected chi connectivity index (χ1v) is 49.3. The molecule has 8 aromatic heterocycles. The Morgan fingerprint density at radius 2 is 0.725 bits per heavy atom. The van der Waals surface area contributed by atoms with Crippen LogP contribution in [0.4, 0.5) is 108 Å². The Labute approximate surface area is 836 Å². The summed E-state index contributed by atoms with van der Waals surface area (Å²) in [5.41, 5.74) is 16.7. The van der Waals surface area contributed by atoms with E-state index in [-0.39, 0.29) is 80.4 Å². The molecule has 0 unspecified atom stereocenters. The average molecular weight is 1990 g/mol. The third-order valence-corrected chi connectivity index (χ3v) is 25.8. The fraction of sp³-hybridized carbons (Fsp3) is 0.564. The Bertz CT molecular complexity index is 5470. The lowest BCUT2D eigenvalue weighted by molar-refractivity contribution is -0.137. The van der Waals surface area contributed by atoms with Crippen LogP contribution in [0, 0.1) is 6.92 Å². The van der Waals surface area contributed by atoms with Crippen LogP contribution in [0.5, 0.6) is 0 Å². The van der Waals surface area contributed by atoms with Crippen LogP contribution in [-0.2, 0) is 20.4 Å². The molecule has 8 saturated carbocycles. The topological polar surface area (TPSA) is 501 Å². The van der Waals surface area contributed by atoms with Crippen molar-refractivity contribution >= 4 is 112 Å². The van der Waals surface area contributed by atoms with Crippen molar-refractivity contribution in [1.29, 1.82) is 0 Å². The number of nitrogens with zero attached hydrogens (tertiary/aromatic N) is 13. The van der Waals surface area contributed by atoms with E-state index in [0.717, 1.165) is 155 Å². The van der Waals surface area contributed by atoms with E-state index in [0.29, 0.717) is 82.8 Å². The highest BCUT2D eigenvalue weighted by molar-refractivity contribution is 6.28. The summed E-state index contributed by atoms with van der Waals surface area (Å²) in [5.74, 6) is 10.1. The van der Waals surface area contributed by atoms with E-state index in [4.69, 9.17) is 32.5 Å². The number of anilines is 12. The molecule has 0 bridgehead atoms. The van der Waals surface area contributed by atoms with Gasteiger partial charge in [-0.1, -0.05) is 91.8 Å². The van der Waals surface area contributed by atoms with E-state index >= 15 is 0 Å². The van der Waals surface area contributed by atoms with Gasteiger partial charge in [0.15, 0.2) is 23.3 Å². The molecule has 8 aliphatic rings. The molecule has 0 aliphatic heterocycles. The van der Waals surface area contributed by atoms with Gasteiger partial charge in [-0.25, -0.2) is 44.1 Å². The third-order valence-electron chi connectivity index (χ3n) is 25.6. The van der Waals surface area contributed by atoms with Crippen molar-refractivity contribution in [2.45, 2.75) is 366 Å². The molecule has 8 aliphatic carbocycles. The highest BCUT2D eigenvalue weighted by Gasteiger charge is 2.33. The average Bonchev–Trinajstić information content (AvgIpc) is 1.51. The van der Waals surface area contributed by atoms with Crippen molar-refractivity contribution in [1.82, 2.24) is 96.6 Å². The Morgan fingerprint density at radius 1 is 0.408 bits per heavy atom. The summed E-state index contributed by atoms with van der Waals surface area (Å²) < 4.78 is 49.2. The number of ether oxygens (including phenoxy) is 2. The largest absolute Gasteiger partial charge is 0.444 e. The zero-order chi connectivity index (χ0) is 97.4. The number of carbonyl (C=O) groups is 3. The first kappa shape index (κ1) is 113. The molecule has 0 saturated heterocycles. The zero-order valence-corrected chi connectivity index (χ0v) is 81.2. The van der Waals surface area contributed by atoms with Crippen molar-refractivity contribution in [2.75, 3.05) is 42.5 Å². The lowest BCUT2D eigenvalue weighted by Crippen LogP contribution is -2.42. The molecule has 36 nitrogen and oxygen atoms in total. The molecule has 8 fully saturated rings. The first-order chi connectivity index (χ1) is 66.4. The van der Waals surface area contributed by atoms with Crippen LogP contribution in [0.15, 0.2) is 127 Å². The monoisotopic (exact) mass is 1990 g/mol. The second-order valence-corrected chi connectivity index (χ2v) is 39.4. The number of benzene rings is 2. The maximum absolute atomic E-state index is 12.9. The molecule has 18 rings (SSSR count). The van der Waals surface area contributed by atoms with Gasteiger partial charge in [-0.15, -0.1) is 0 Å². The number of hydrogen-bond donors (Lipinski definition) is 17. The number of aromatic nitrogens is 16.